The lowest BCUT2D eigenvalue weighted by Gasteiger charge is -2.34. The Morgan fingerprint density at radius 1 is 1.04 bits per heavy atom. The second kappa shape index (κ2) is 6.94. The predicted molar refractivity (Wildman–Crippen MR) is 96.6 cm³/mol. The summed E-state index contributed by atoms with van der Waals surface area (Å²) in [5.41, 5.74) is 2.84. The number of ketones is 1. The molecule has 0 spiro atoms. The van der Waals surface area contributed by atoms with Gasteiger partial charge in [0, 0.05) is 30.3 Å². The highest BCUT2D eigenvalue weighted by Crippen LogP contribution is 2.29. The molecule has 4 heteroatoms. The molecule has 2 aromatic rings. The van der Waals surface area contributed by atoms with Crippen LogP contribution < -0.4 is 4.90 Å². The van der Waals surface area contributed by atoms with Crippen molar-refractivity contribution in [2.45, 2.75) is 12.8 Å². The van der Waals surface area contributed by atoms with Gasteiger partial charge in [-0.25, -0.2) is 0 Å². The molecule has 2 aromatic carbocycles. The monoisotopic (exact) mass is 346 g/mol. The minimum absolute atomic E-state index is 0.0421. The minimum Gasteiger partial charge on any atom is -0.371 e. The summed E-state index contributed by atoms with van der Waals surface area (Å²) in [5.74, 6) is 0.201. The van der Waals surface area contributed by atoms with Crippen molar-refractivity contribution < 1.29 is 4.79 Å². The van der Waals surface area contributed by atoms with Crippen molar-refractivity contribution in [1.29, 1.82) is 0 Å². The van der Waals surface area contributed by atoms with E-state index in [1.165, 1.54) is 0 Å². The smallest absolute Gasteiger partial charge is 0.166 e. The Bertz CT molecular complexity index is 721. The molecule has 119 valence electrons. The lowest BCUT2D eigenvalue weighted by atomic mass is 9.88. The topological polar surface area (TPSA) is 20.3 Å². The molecular formula is C19H18Cl2NO. The van der Waals surface area contributed by atoms with Crippen molar-refractivity contribution >= 4 is 34.7 Å². The van der Waals surface area contributed by atoms with E-state index in [0.717, 1.165) is 37.2 Å². The molecule has 23 heavy (non-hydrogen) atoms. The maximum atomic E-state index is 12.6. The number of Topliss-reactive ketones (excluding diaryl/α,β-unsaturated/α-hetero) is 1. The second-order valence-corrected chi connectivity index (χ2v) is 6.70. The summed E-state index contributed by atoms with van der Waals surface area (Å²) in [6.07, 6.45) is 1.68. The van der Waals surface area contributed by atoms with Gasteiger partial charge in [-0.3, -0.25) is 4.79 Å². The van der Waals surface area contributed by atoms with Crippen LogP contribution in [0, 0.1) is 12.8 Å². The first-order valence-corrected chi connectivity index (χ1v) is 8.47. The molecule has 0 unspecified atom stereocenters. The third kappa shape index (κ3) is 3.54. The van der Waals surface area contributed by atoms with E-state index in [1.807, 2.05) is 18.2 Å². The number of nitrogens with zero attached hydrogens (tertiary/aromatic N) is 1. The van der Waals surface area contributed by atoms with Gasteiger partial charge in [-0.2, -0.15) is 0 Å². The number of hydrogen-bond donors (Lipinski definition) is 0. The first-order chi connectivity index (χ1) is 11.1. The number of hydrogen-bond acceptors (Lipinski definition) is 2. The van der Waals surface area contributed by atoms with Gasteiger partial charge in [-0.05, 0) is 49.6 Å². The van der Waals surface area contributed by atoms with Crippen LogP contribution in [0.15, 0.2) is 42.5 Å². The molecule has 3 rings (SSSR count). The first-order valence-electron chi connectivity index (χ1n) is 7.71. The summed E-state index contributed by atoms with van der Waals surface area (Å²) in [5, 5.41) is 0.908. The second-order valence-electron chi connectivity index (χ2n) is 5.88. The van der Waals surface area contributed by atoms with Crippen LogP contribution in [0.5, 0.6) is 0 Å². The number of anilines is 1. The largest absolute Gasteiger partial charge is 0.371 e. The van der Waals surface area contributed by atoms with Gasteiger partial charge < -0.3 is 4.90 Å². The van der Waals surface area contributed by atoms with Crippen molar-refractivity contribution in [1.82, 2.24) is 0 Å². The van der Waals surface area contributed by atoms with Crippen molar-refractivity contribution in [3.8, 4) is 0 Å². The molecule has 2 nitrogen and oxygen atoms in total. The van der Waals surface area contributed by atoms with Crippen LogP contribution in [0.1, 0.15) is 28.8 Å². The molecule has 1 fully saturated rings. The highest BCUT2D eigenvalue weighted by molar-refractivity contribution is 6.42. The van der Waals surface area contributed by atoms with Crippen molar-refractivity contribution in [2.24, 2.45) is 5.92 Å². The Morgan fingerprint density at radius 2 is 1.74 bits per heavy atom. The average Bonchev–Trinajstić information content (AvgIpc) is 2.57. The van der Waals surface area contributed by atoms with Crippen LogP contribution >= 0.6 is 23.2 Å². The predicted octanol–water partition coefficient (Wildman–Crippen LogP) is 5.27. The number of halogens is 2. The molecule has 1 radical (unpaired) electrons. The number of carbonyl (C=O) groups is 1. The third-order valence-corrected chi connectivity index (χ3v) is 5.14. The molecule has 1 saturated heterocycles. The van der Waals surface area contributed by atoms with E-state index in [2.05, 4.69) is 17.9 Å². The van der Waals surface area contributed by atoms with Crippen molar-refractivity contribution in [2.75, 3.05) is 18.0 Å². The van der Waals surface area contributed by atoms with E-state index in [1.54, 1.807) is 18.2 Å². The van der Waals surface area contributed by atoms with Crippen LogP contribution in [0.3, 0.4) is 0 Å². The van der Waals surface area contributed by atoms with E-state index < -0.39 is 0 Å². The quantitative estimate of drug-likeness (QED) is 0.705. The van der Waals surface area contributed by atoms with Crippen LogP contribution in [-0.4, -0.2) is 18.9 Å². The number of para-hydroxylation sites is 1. The van der Waals surface area contributed by atoms with Gasteiger partial charge in [0.05, 0.1) is 10.0 Å². The number of carbonyl (C=O) groups excluding carboxylic acids is 1. The Balaban J connectivity index is 1.68. The van der Waals surface area contributed by atoms with Crippen LogP contribution in [0.2, 0.25) is 10.0 Å². The number of piperidine rings is 1. The van der Waals surface area contributed by atoms with E-state index >= 15 is 0 Å². The molecule has 1 heterocycles. The lowest BCUT2D eigenvalue weighted by molar-refractivity contribution is 0.0900. The van der Waals surface area contributed by atoms with Crippen LogP contribution in [0.25, 0.3) is 0 Å². The average molecular weight is 347 g/mol. The Labute approximate surface area is 147 Å². The Kier molecular flexibility index (Phi) is 4.93. The molecule has 0 atom stereocenters. The van der Waals surface area contributed by atoms with Gasteiger partial charge in [0.25, 0.3) is 0 Å². The van der Waals surface area contributed by atoms with E-state index in [-0.39, 0.29) is 11.7 Å². The molecule has 1 aliphatic rings. The van der Waals surface area contributed by atoms with E-state index in [0.29, 0.717) is 15.6 Å². The summed E-state index contributed by atoms with van der Waals surface area (Å²) in [7, 11) is 0. The van der Waals surface area contributed by atoms with Gasteiger partial charge in [0.15, 0.2) is 5.78 Å². The van der Waals surface area contributed by atoms with Gasteiger partial charge in [-0.1, -0.05) is 41.4 Å². The molecule has 1 aliphatic heterocycles. The summed E-state index contributed by atoms with van der Waals surface area (Å²) in [4.78, 5) is 14.9. The molecule has 0 aliphatic carbocycles. The van der Waals surface area contributed by atoms with Crippen molar-refractivity contribution in [3.05, 3.63) is 70.6 Å². The first kappa shape index (κ1) is 16.4. The summed E-state index contributed by atoms with van der Waals surface area (Å²) in [6, 6.07) is 13.2. The van der Waals surface area contributed by atoms with Crippen LogP contribution in [-0.2, 0) is 0 Å². The number of rotatable bonds is 3. The lowest BCUT2D eigenvalue weighted by Crippen LogP contribution is -2.36. The van der Waals surface area contributed by atoms with Gasteiger partial charge in [0.2, 0.25) is 0 Å². The van der Waals surface area contributed by atoms with Gasteiger partial charge in [0.1, 0.15) is 0 Å². The van der Waals surface area contributed by atoms with Gasteiger partial charge >= 0.3 is 0 Å². The summed E-state index contributed by atoms with van der Waals surface area (Å²) in [6.45, 7) is 5.81. The highest BCUT2D eigenvalue weighted by atomic mass is 35.5. The fourth-order valence-corrected chi connectivity index (χ4v) is 3.39. The van der Waals surface area contributed by atoms with Gasteiger partial charge in [-0.15, -0.1) is 0 Å². The maximum absolute atomic E-state index is 12.6. The zero-order valence-electron chi connectivity index (χ0n) is 12.8. The van der Waals surface area contributed by atoms with Crippen LogP contribution in [0.4, 0.5) is 5.69 Å². The highest BCUT2D eigenvalue weighted by Gasteiger charge is 2.26. The third-order valence-electron chi connectivity index (χ3n) is 4.40. The Morgan fingerprint density at radius 3 is 2.39 bits per heavy atom. The van der Waals surface area contributed by atoms with E-state index in [4.69, 9.17) is 23.2 Å². The summed E-state index contributed by atoms with van der Waals surface area (Å²) < 4.78 is 0. The maximum Gasteiger partial charge on any atom is 0.166 e. The van der Waals surface area contributed by atoms with E-state index in [9.17, 15) is 4.79 Å². The minimum atomic E-state index is 0.0421. The molecule has 0 amide bonds. The fraction of sp³-hybridized carbons (Fsp3) is 0.263. The molecule has 0 N–H and O–H groups in total. The molecule has 0 aromatic heterocycles. The normalized spacial score (nSPS) is 15.7. The number of benzene rings is 2. The molecule has 0 bridgehead atoms. The Hall–Kier alpha value is -1.51. The zero-order chi connectivity index (χ0) is 16.4. The molecular weight excluding hydrogens is 329 g/mol. The van der Waals surface area contributed by atoms with Crippen molar-refractivity contribution in [3.63, 3.8) is 0 Å². The fourth-order valence-electron chi connectivity index (χ4n) is 3.09. The SMILES string of the molecule is [CH2]c1ccccc1N1CCC(C(=O)c2ccc(Cl)c(Cl)c2)CC1. The summed E-state index contributed by atoms with van der Waals surface area (Å²) >= 11 is 11.9. The standard InChI is InChI=1S/C19H18Cl2NO/c1-13-4-2-3-5-18(13)22-10-8-14(9-11-22)19(23)15-6-7-16(20)17(21)12-15/h2-7,12,14H,1,8-11H2. The zero-order valence-corrected chi connectivity index (χ0v) is 14.3. The molecule has 0 saturated carbocycles.